The van der Waals surface area contributed by atoms with Crippen molar-refractivity contribution >= 4 is 5.97 Å². The lowest BCUT2D eigenvalue weighted by atomic mass is 9.97. The molecule has 1 saturated carbocycles. The third kappa shape index (κ3) is 3.00. The van der Waals surface area contributed by atoms with Crippen LogP contribution in [0.3, 0.4) is 0 Å². The molecular weight excluding hydrogens is 242 g/mol. The highest BCUT2D eigenvalue weighted by Gasteiger charge is 2.31. The van der Waals surface area contributed by atoms with Gasteiger partial charge in [0.05, 0.1) is 13.2 Å². The molecule has 0 radical (unpaired) electrons. The Morgan fingerprint density at radius 2 is 2.16 bits per heavy atom. The maximum atomic E-state index is 11.4. The van der Waals surface area contributed by atoms with Crippen LogP contribution < -0.4 is 5.32 Å². The summed E-state index contributed by atoms with van der Waals surface area (Å²) in [4.78, 5) is 11.4. The molecule has 0 saturated heterocycles. The van der Waals surface area contributed by atoms with Gasteiger partial charge in [0.15, 0.2) is 0 Å². The Morgan fingerprint density at radius 3 is 2.74 bits per heavy atom. The van der Waals surface area contributed by atoms with E-state index in [9.17, 15) is 4.79 Å². The van der Waals surface area contributed by atoms with Crippen molar-refractivity contribution in [2.45, 2.75) is 45.7 Å². The summed E-state index contributed by atoms with van der Waals surface area (Å²) in [5, 5.41) is 3.60. The molecule has 0 aromatic carbocycles. The number of ether oxygens (including phenoxy) is 1. The molecule has 4 unspecified atom stereocenters. The molecule has 1 fully saturated rings. The third-order valence-corrected chi connectivity index (χ3v) is 4.37. The highest BCUT2D eigenvalue weighted by molar-refractivity contribution is 5.86. The van der Waals surface area contributed by atoms with Gasteiger partial charge in [0.25, 0.3) is 0 Å². The molecule has 1 aliphatic rings. The molecule has 4 atom stereocenters. The van der Waals surface area contributed by atoms with E-state index in [1.54, 1.807) is 6.07 Å². The van der Waals surface area contributed by atoms with E-state index in [4.69, 9.17) is 4.42 Å². The van der Waals surface area contributed by atoms with Crippen LogP contribution in [0.1, 0.15) is 56.0 Å². The lowest BCUT2D eigenvalue weighted by Crippen LogP contribution is -2.34. The second-order valence-corrected chi connectivity index (χ2v) is 5.60. The highest BCUT2D eigenvalue weighted by Crippen LogP contribution is 2.32. The minimum atomic E-state index is -0.429. The van der Waals surface area contributed by atoms with Gasteiger partial charge in [0, 0.05) is 6.04 Å². The second kappa shape index (κ2) is 5.78. The van der Waals surface area contributed by atoms with Crippen LogP contribution in [0.2, 0.25) is 0 Å². The smallest absolute Gasteiger partial charge is 0.373 e. The van der Waals surface area contributed by atoms with E-state index in [2.05, 4.69) is 30.8 Å². The summed E-state index contributed by atoms with van der Waals surface area (Å²) >= 11 is 0. The van der Waals surface area contributed by atoms with Gasteiger partial charge in [-0.3, -0.25) is 0 Å². The van der Waals surface area contributed by atoms with Crippen molar-refractivity contribution in [3.05, 3.63) is 23.7 Å². The molecule has 1 aromatic heterocycles. The standard InChI is InChI=1S/C15H23NO3/c1-9-5-6-12(10(9)2)16-11(3)13-7-8-14(19-13)15(17)18-4/h7-12,16H,5-6H2,1-4H3. The van der Waals surface area contributed by atoms with Crippen LogP contribution in [0.4, 0.5) is 0 Å². The van der Waals surface area contributed by atoms with Crippen LogP contribution in [0.25, 0.3) is 0 Å². The maximum absolute atomic E-state index is 11.4. The van der Waals surface area contributed by atoms with Gasteiger partial charge >= 0.3 is 5.97 Å². The first-order valence-electron chi connectivity index (χ1n) is 6.97. The maximum Gasteiger partial charge on any atom is 0.373 e. The molecule has 1 aliphatic carbocycles. The van der Waals surface area contributed by atoms with Crippen LogP contribution in [0, 0.1) is 11.8 Å². The van der Waals surface area contributed by atoms with E-state index < -0.39 is 5.97 Å². The first-order valence-corrected chi connectivity index (χ1v) is 6.97. The fourth-order valence-corrected chi connectivity index (χ4v) is 2.80. The molecule has 4 nitrogen and oxygen atoms in total. The lowest BCUT2D eigenvalue weighted by Gasteiger charge is -2.23. The van der Waals surface area contributed by atoms with Crippen LogP contribution in [0.15, 0.2) is 16.5 Å². The Kier molecular flexibility index (Phi) is 4.30. The quantitative estimate of drug-likeness (QED) is 0.850. The molecule has 4 heteroatoms. The lowest BCUT2D eigenvalue weighted by molar-refractivity contribution is 0.0562. The molecule has 1 aromatic rings. The normalized spacial score (nSPS) is 28.3. The van der Waals surface area contributed by atoms with Crippen molar-refractivity contribution in [3.63, 3.8) is 0 Å². The molecule has 1 heterocycles. The average Bonchev–Trinajstić information content (AvgIpc) is 3.00. The van der Waals surface area contributed by atoms with Crippen molar-refractivity contribution in [2.24, 2.45) is 11.8 Å². The summed E-state index contributed by atoms with van der Waals surface area (Å²) in [5.41, 5.74) is 0. The van der Waals surface area contributed by atoms with Crippen LogP contribution >= 0.6 is 0 Å². The first kappa shape index (κ1) is 14.1. The molecule has 0 aliphatic heterocycles. The molecule has 19 heavy (non-hydrogen) atoms. The van der Waals surface area contributed by atoms with E-state index in [1.807, 2.05) is 6.07 Å². The zero-order valence-electron chi connectivity index (χ0n) is 12.1. The van der Waals surface area contributed by atoms with Crippen molar-refractivity contribution in [1.82, 2.24) is 5.32 Å². The van der Waals surface area contributed by atoms with Crippen LogP contribution in [-0.2, 0) is 4.74 Å². The number of hydrogen-bond acceptors (Lipinski definition) is 4. The van der Waals surface area contributed by atoms with Gasteiger partial charge in [-0.15, -0.1) is 0 Å². The molecule has 0 bridgehead atoms. The Balaban J connectivity index is 1.98. The van der Waals surface area contributed by atoms with E-state index >= 15 is 0 Å². The zero-order chi connectivity index (χ0) is 14.0. The minimum Gasteiger partial charge on any atom is -0.463 e. The minimum absolute atomic E-state index is 0.108. The molecule has 1 N–H and O–H groups in total. The Labute approximate surface area is 114 Å². The molecule has 0 amide bonds. The average molecular weight is 265 g/mol. The molecule has 106 valence electrons. The highest BCUT2D eigenvalue weighted by atomic mass is 16.5. The van der Waals surface area contributed by atoms with Gasteiger partial charge in [-0.25, -0.2) is 4.79 Å². The van der Waals surface area contributed by atoms with Gasteiger partial charge in [-0.05, 0) is 43.7 Å². The monoisotopic (exact) mass is 265 g/mol. The summed E-state index contributed by atoms with van der Waals surface area (Å²) < 4.78 is 10.2. The van der Waals surface area contributed by atoms with E-state index in [1.165, 1.54) is 20.0 Å². The van der Waals surface area contributed by atoms with E-state index in [0.29, 0.717) is 12.0 Å². The Morgan fingerprint density at radius 1 is 1.42 bits per heavy atom. The summed E-state index contributed by atoms with van der Waals surface area (Å²) in [5.74, 6) is 2.07. The van der Waals surface area contributed by atoms with Gasteiger partial charge in [-0.1, -0.05) is 13.8 Å². The third-order valence-electron chi connectivity index (χ3n) is 4.37. The van der Waals surface area contributed by atoms with Crippen LogP contribution in [0.5, 0.6) is 0 Å². The van der Waals surface area contributed by atoms with Gasteiger partial charge < -0.3 is 14.5 Å². The van der Waals surface area contributed by atoms with Crippen molar-refractivity contribution < 1.29 is 13.9 Å². The summed E-state index contributed by atoms with van der Waals surface area (Å²) in [6.45, 7) is 6.67. The fraction of sp³-hybridized carbons (Fsp3) is 0.667. The molecule has 0 spiro atoms. The predicted octanol–water partition coefficient (Wildman–Crippen LogP) is 3.15. The summed E-state index contributed by atoms with van der Waals surface area (Å²) in [7, 11) is 1.35. The number of hydrogen-bond donors (Lipinski definition) is 1. The number of esters is 1. The van der Waals surface area contributed by atoms with Crippen LogP contribution in [-0.4, -0.2) is 19.1 Å². The van der Waals surface area contributed by atoms with Crippen molar-refractivity contribution in [1.29, 1.82) is 0 Å². The number of carbonyl (C=O) groups is 1. The molecular formula is C15H23NO3. The number of methoxy groups -OCH3 is 1. The molecule has 2 rings (SSSR count). The second-order valence-electron chi connectivity index (χ2n) is 5.60. The predicted molar refractivity (Wildman–Crippen MR) is 72.9 cm³/mol. The topological polar surface area (TPSA) is 51.5 Å². The van der Waals surface area contributed by atoms with Gasteiger partial charge in [-0.2, -0.15) is 0 Å². The SMILES string of the molecule is COC(=O)c1ccc(C(C)NC2CCC(C)C2C)o1. The van der Waals surface area contributed by atoms with E-state index in [-0.39, 0.29) is 11.8 Å². The number of rotatable bonds is 4. The largest absolute Gasteiger partial charge is 0.463 e. The summed E-state index contributed by atoms with van der Waals surface area (Å²) in [6, 6.07) is 4.14. The van der Waals surface area contributed by atoms with Gasteiger partial charge in [0.2, 0.25) is 5.76 Å². The number of nitrogens with one attached hydrogen (secondary N) is 1. The van der Waals surface area contributed by atoms with E-state index in [0.717, 1.165) is 11.7 Å². The van der Waals surface area contributed by atoms with Crippen molar-refractivity contribution in [2.75, 3.05) is 7.11 Å². The zero-order valence-corrected chi connectivity index (χ0v) is 12.1. The van der Waals surface area contributed by atoms with Crippen molar-refractivity contribution in [3.8, 4) is 0 Å². The number of furan rings is 1. The summed E-state index contributed by atoms with van der Waals surface area (Å²) in [6.07, 6.45) is 2.48. The Hall–Kier alpha value is -1.29. The Bertz CT molecular complexity index is 440. The number of carbonyl (C=O) groups excluding carboxylic acids is 1. The van der Waals surface area contributed by atoms with Gasteiger partial charge in [0.1, 0.15) is 5.76 Å². The first-order chi connectivity index (χ1) is 9.02. The fourth-order valence-electron chi connectivity index (χ4n) is 2.80.